The summed E-state index contributed by atoms with van der Waals surface area (Å²) < 4.78 is 11.7. The van der Waals surface area contributed by atoms with Gasteiger partial charge in [-0.15, -0.1) is 24.8 Å². The summed E-state index contributed by atoms with van der Waals surface area (Å²) in [6.07, 6.45) is 3.97. The van der Waals surface area contributed by atoms with Crippen LogP contribution in [0.5, 0.6) is 5.75 Å². The lowest BCUT2D eigenvalue weighted by molar-refractivity contribution is -0.142. The van der Waals surface area contributed by atoms with Gasteiger partial charge in [-0.2, -0.15) is 0 Å². The Bertz CT molecular complexity index is 602. The number of nitrogens with two attached hydrogens (primary N) is 1. The number of benzene rings is 1. The summed E-state index contributed by atoms with van der Waals surface area (Å²) >= 11 is 0. The van der Waals surface area contributed by atoms with Crippen molar-refractivity contribution in [2.75, 3.05) is 14.2 Å². The molecule has 0 amide bonds. The Morgan fingerprint density at radius 1 is 1.26 bits per heavy atom. The summed E-state index contributed by atoms with van der Waals surface area (Å²) in [6, 6.07) is 7.15. The van der Waals surface area contributed by atoms with Crippen molar-refractivity contribution in [3.05, 3.63) is 48.0 Å². The number of imidazole rings is 1. The highest BCUT2D eigenvalue weighted by atomic mass is 35.5. The highest BCUT2D eigenvalue weighted by Crippen LogP contribution is 2.12. The molecular weight excluding hydrogens is 341 g/mol. The van der Waals surface area contributed by atoms with Crippen LogP contribution in [0.15, 0.2) is 36.8 Å². The van der Waals surface area contributed by atoms with Gasteiger partial charge in [0.25, 0.3) is 0 Å². The largest absolute Gasteiger partial charge is 0.497 e. The molecule has 8 heteroatoms. The molecule has 0 aliphatic rings. The summed E-state index contributed by atoms with van der Waals surface area (Å²) in [7, 11) is 2.96. The minimum absolute atomic E-state index is 0. The average Bonchev–Trinajstić information content (AvgIpc) is 2.94. The third kappa shape index (κ3) is 6.09. The van der Waals surface area contributed by atoms with Crippen LogP contribution < -0.4 is 10.5 Å². The van der Waals surface area contributed by atoms with E-state index in [2.05, 4.69) is 9.72 Å². The predicted molar refractivity (Wildman–Crippen MR) is 92.5 cm³/mol. The summed E-state index contributed by atoms with van der Waals surface area (Å²) in [4.78, 5) is 15.5. The van der Waals surface area contributed by atoms with E-state index in [4.69, 9.17) is 10.5 Å². The summed E-state index contributed by atoms with van der Waals surface area (Å²) in [5.74, 6) is 0.397. The van der Waals surface area contributed by atoms with Gasteiger partial charge in [-0.25, -0.2) is 4.98 Å². The van der Waals surface area contributed by atoms with Crippen molar-refractivity contribution < 1.29 is 14.3 Å². The molecule has 0 unspecified atom stereocenters. The second kappa shape index (κ2) is 10.1. The Kier molecular flexibility index (Phi) is 9.32. The second-order valence-electron chi connectivity index (χ2n) is 4.72. The smallest absolute Gasteiger partial charge is 0.323 e. The first-order valence-corrected chi connectivity index (χ1v) is 6.59. The van der Waals surface area contributed by atoms with Crippen LogP contribution in [-0.2, 0) is 22.5 Å². The van der Waals surface area contributed by atoms with E-state index in [1.807, 2.05) is 35.0 Å². The van der Waals surface area contributed by atoms with Gasteiger partial charge < -0.3 is 19.8 Å². The maximum atomic E-state index is 11.3. The number of methoxy groups -OCH3 is 2. The van der Waals surface area contributed by atoms with Crippen LogP contribution in [0.25, 0.3) is 0 Å². The van der Waals surface area contributed by atoms with Crippen molar-refractivity contribution in [3.63, 3.8) is 0 Å². The third-order valence-electron chi connectivity index (χ3n) is 3.14. The van der Waals surface area contributed by atoms with Gasteiger partial charge >= 0.3 is 5.97 Å². The van der Waals surface area contributed by atoms with Gasteiger partial charge in [0.1, 0.15) is 11.8 Å². The molecular formula is C15H21Cl2N3O3. The molecule has 1 atom stereocenters. The molecule has 2 aromatic rings. The lowest BCUT2D eigenvalue weighted by Crippen LogP contribution is -2.33. The maximum absolute atomic E-state index is 11.3. The van der Waals surface area contributed by atoms with Crippen LogP contribution in [0.3, 0.4) is 0 Å². The standard InChI is InChI=1S/C15H19N3O3.2ClH/c1-20-13-5-3-11(4-6-13)8-18-9-12(17-10-18)7-14(16)15(19)21-2;;/h3-6,9-10,14H,7-8,16H2,1-2H3;2*1H/t14-;;/m0../s1. The molecule has 128 valence electrons. The predicted octanol–water partition coefficient (Wildman–Crippen LogP) is 1.83. The molecule has 0 spiro atoms. The highest BCUT2D eigenvalue weighted by Gasteiger charge is 2.15. The molecule has 1 aromatic heterocycles. The molecule has 2 N–H and O–H groups in total. The minimum Gasteiger partial charge on any atom is -0.497 e. The summed E-state index contributed by atoms with van der Waals surface area (Å²) in [6.45, 7) is 0.699. The number of carbonyl (C=O) groups excluding carboxylic acids is 1. The van der Waals surface area contributed by atoms with Crippen LogP contribution in [-0.4, -0.2) is 35.8 Å². The first-order valence-electron chi connectivity index (χ1n) is 6.59. The van der Waals surface area contributed by atoms with E-state index < -0.39 is 12.0 Å². The minimum atomic E-state index is -0.681. The van der Waals surface area contributed by atoms with Crippen LogP contribution >= 0.6 is 24.8 Å². The van der Waals surface area contributed by atoms with Gasteiger partial charge in [0, 0.05) is 19.2 Å². The molecule has 0 saturated heterocycles. The average molecular weight is 362 g/mol. The number of esters is 1. The fraction of sp³-hybridized carbons (Fsp3) is 0.333. The SMILES string of the molecule is COC(=O)[C@@H](N)Cc1cn(Cc2ccc(OC)cc2)cn1.Cl.Cl. The zero-order chi connectivity index (χ0) is 15.2. The normalized spacial score (nSPS) is 10.9. The number of ether oxygens (including phenoxy) is 2. The molecule has 2 rings (SSSR count). The number of hydrogen-bond donors (Lipinski definition) is 1. The molecule has 23 heavy (non-hydrogen) atoms. The van der Waals surface area contributed by atoms with Gasteiger partial charge in [0.15, 0.2) is 0 Å². The Hall–Kier alpha value is -1.76. The van der Waals surface area contributed by atoms with Crippen LogP contribution in [0.1, 0.15) is 11.3 Å². The van der Waals surface area contributed by atoms with E-state index in [0.717, 1.165) is 17.0 Å². The maximum Gasteiger partial charge on any atom is 0.323 e. The van der Waals surface area contributed by atoms with Crippen LogP contribution in [0.2, 0.25) is 0 Å². The van der Waals surface area contributed by atoms with E-state index in [-0.39, 0.29) is 24.8 Å². The van der Waals surface area contributed by atoms with Crippen molar-refractivity contribution >= 4 is 30.8 Å². The lowest BCUT2D eigenvalue weighted by atomic mass is 10.2. The number of rotatable bonds is 6. The molecule has 0 aliphatic heterocycles. The van der Waals surface area contributed by atoms with E-state index in [9.17, 15) is 4.79 Å². The number of nitrogens with zero attached hydrogens (tertiary/aromatic N) is 2. The lowest BCUT2D eigenvalue weighted by Gasteiger charge is -2.06. The Labute approximate surface area is 147 Å². The monoisotopic (exact) mass is 361 g/mol. The van der Waals surface area contributed by atoms with E-state index in [0.29, 0.717) is 13.0 Å². The Morgan fingerprint density at radius 3 is 2.48 bits per heavy atom. The molecule has 0 radical (unpaired) electrons. The zero-order valence-corrected chi connectivity index (χ0v) is 14.6. The number of aromatic nitrogens is 2. The van der Waals surface area contributed by atoms with E-state index >= 15 is 0 Å². The van der Waals surface area contributed by atoms with Crippen molar-refractivity contribution in [3.8, 4) is 5.75 Å². The molecule has 0 bridgehead atoms. The molecule has 1 aromatic carbocycles. The molecule has 6 nitrogen and oxygen atoms in total. The van der Waals surface area contributed by atoms with Gasteiger partial charge in [0.05, 0.1) is 26.2 Å². The van der Waals surface area contributed by atoms with Crippen LogP contribution in [0.4, 0.5) is 0 Å². The Morgan fingerprint density at radius 2 is 1.91 bits per heavy atom. The number of hydrogen-bond acceptors (Lipinski definition) is 5. The molecule has 0 aliphatic carbocycles. The van der Waals surface area contributed by atoms with Gasteiger partial charge in [-0.05, 0) is 17.7 Å². The number of halogens is 2. The van der Waals surface area contributed by atoms with Crippen LogP contribution in [0, 0.1) is 0 Å². The molecule has 1 heterocycles. The van der Waals surface area contributed by atoms with Crippen molar-refractivity contribution in [2.45, 2.75) is 19.0 Å². The van der Waals surface area contributed by atoms with E-state index in [1.165, 1.54) is 7.11 Å². The fourth-order valence-corrected chi connectivity index (χ4v) is 2.00. The zero-order valence-electron chi connectivity index (χ0n) is 13.0. The quantitative estimate of drug-likeness (QED) is 0.793. The third-order valence-corrected chi connectivity index (χ3v) is 3.14. The molecule has 0 fully saturated rings. The molecule has 0 saturated carbocycles. The first-order chi connectivity index (χ1) is 10.1. The van der Waals surface area contributed by atoms with Gasteiger partial charge in [-0.3, -0.25) is 4.79 Å². The summed E-state index contributed by atoms with van der Waals surface area (Å²) in [5.41, 5.74) is 7.62. The number of carbonyl (C=O) groups is 1. The fourth-order valence-electron chi connectivity index (χ4n) is 2.00. The Balaban J connectivity index is 0.00000242. The van der Waals surface area contributed by atoms with E-state index in [1.54, 1.807) is 13.4 Å². The van der Waals surface area contributed by atoms with Crippen molar-refractivity contribution in [1.29, 1.82) is 0 Å². The highest BCUT2D eigenvalue weighted by molar-refractivity contribution is 5.85. The van der Waals surface area contributed by atoms with Gasteiger partial charge in [-0.1, -0.05) is 12.1 Å². The van der Waals surface area contributed by atoms with Crippen molar-refractivity contribution in [1.82, 2.24) is 9.55 Å². The summed E-state index contributed by atoms with van der Waals surface area (Å²) in [5, 5.41) is 0. The topological polar surface area (TPSA) is 79.4 Å². The second-order valence-corrected chi connectivity index (χ2v) is 4.72. The van der Waals surface area contributed by atoms with Crippen molar-refractivity contribution in [2.24, 2.45) is 5.73 Å². The first kappa shape index (κ1) is 21.2. The van der Waals surface area contributed by atoms with Gasteiger partial charge in [0.2, 0.25) is 0 Å².